The van der Waals surface area contributed by atoms with Crippen LogP contribution in [0.25, 0.3) is 0 Å². The van der Waals surface area contributed by atoms with E-state index in [4.69, 9.17) is 0 Å². The average Bonchev–Trinajstić information content (AvgIpc) is 2.40. The molecule has 0 aliphatic carbocycles. The van der Waals surface area contributed by atoms with Gasteiger partial charge >= 0.3 is 0 Å². The van der Waals surface area contributed by atoms with Gasteiger partial charge in [-0.25, -0.2) is 0 Å². The second kappa shape index (κ2) is 5.91. The fourth-order valence-corrected chi connectivity index (χ4v) is 2.69. The minimum absolute atomic E-state index is 0.0359. The lowest BCUT2D eigenvalue weighted by atomic mass is 10.1. The smallest absolute Gasteiger partial charge is 0.258 e. The topological polar surface area (TPSA) is 29.1 Å². The van der Waals surface area contributed by atoms with Crippen LogP contribution in [-0.2, 0) is 11.3 Å². The minimum Gasteiger partial charge on any atom is -0.348 e. The van der Waals surface area contributed by atoms with Crippen molar-refractivity contribution in [2.45, 2.75) is 26.8 Å². The highest BCUT2D eigenvalue weighted by atomic mass is 32.2. The molecular formula is C15H17NOS. The number of hydrogen-bond acceptors (Lipinski definition) is 2. The molecule has 94 valence electrons. The summed E-state index contributed by atoms with van der Waals surface area (Å²) in [6.45, 7) is 4.65. The van der Waals surface area contributed by atoms with Crippen LogP contribution in [0.1, 0.15) is 25.8 Å². The van der Waals surface area contributed by atoms with Crippen molar-refractivity contribution in [3.05, 3.63) is 57.4 Å². The molecule has 0 fully saturated rings. The van der Waals surface area contributed by atoms with E-state index in [0.29, 0.717) is 6.54 Å². The standard InChI is InChI=1S/C15H17NOS/c1-11-8-9-12(2)18-14(11)15(17)16-10-13-6-4-3-5-7-13/h3-7,9H,8,10H2,1-2H3,(H,16,17). The van der Waals surface area contributed by atoms with Gasteiger partial charge in [-0.15, -0.1) is 0 Å². The van der Waals surface area contributed by atoms with Gasteiger partial charge < -0.3 is 5.32 Å². The molecule has 1 aliphatic rings. The molecule has 1 aromatic rings. The number of thioether (sulfide) groups is 1. The average molecular weight is 259 g/mol. The lowest BCUT2D eigenvalue weighted by Gasteiger charge is -2.15. The Morgan fingerprint density at radius 1 is 1.28 bits per heavy atom. The molecule has 1 aliphatic heterocycles. The summed E-state index contributed by atoms with van der Waals surface area (Å²) in [7, 11) is 0. The van der Waals surface area contributed by atoms with Gasteiger partial charge in [0.05, 0.1) is 4.91 Å². The largest absolute Gasteiger partial charge is 0.348 e. The van der Waals surface area contributed by atoms with E-state index >= 15 is 0 Å². The van der Waals surface area contributed by atoms with Gasteiger partial charge in [0.2, 0.25) is 0 Å². The highest BCUT2D eigenvalue weighted by molar-refractivity contribution is 8.07. The third kappa shape index (κ3) is 3.26. The third-order valence-electron chi connectivity index (χ3n) is 2.85. The molecule has 3 heteroatoms. The summed E-state index contributed by atoms with van der Waals surface area (Å²) in [6.07, 6.45) is 3.04. The summed E-state index contributed by atoms with van der Waals surface area (Å²) in [4.78, 5) is 14.2. The number of carbonyl (C=O) groups is 1. The van der Waals surface area contributed by atoms with Gasteiger partial charge in [-0.2, -0.15) is 0 Å². The van der Waals surface area contributed by atoms with Gasteiger partial charge in [0.15, 0.2) is 0 Å². The van der Waals surface area contributed by atoms with Crippen LogP contribution in [0.4, 0.5) is 0 Å². The van der Waals surface area contributed by atoms with Crippen LogP contribution in [-0.4, -0.2) is 5.91 Å². The van der Waals surface area contributed by atoms with Crippen molar-refractivity contribution in [2.24, 2.45) is 0 Å². The molecule has 0 atom stereocenters. The highest BCUT2D eigenvalue weighted by Crippen LogP contribution is 2.33. The summed E-state index contributed by atoms with van der Waals surface area (Å²) < 4.78 is 0. The van der Waals surface area contributed by atoms with Gasteiger partial charge in [0.25, 0.3) is 5.91 Å². The fraction of sp³-hybridized carbons (Fsp3) is 0.267. The molecule has 0 spiro atoms. The van der Waals surface area contributed by atoms with Gasteiger partial charge in [-0.1, -0.05) is 48.2 Å². The maximum atomic E-state index is 12.1. The Balaban J connectivity index is 1.96. The van der Waals surface area contributed by atoms with Crippen molar-refractivity contribution in [3.63, 3.8) is 0 Å². The van der Waals surface area contributed by atoms with Crippen LogP contribution in [0.3, 0.4) is 0 Å². The summed E-state index contributed by atoms with van der Waals surface area (Å²) in [5, 5.41) is 2.97. The minimum atomic E-state index is 0.0359. The van der Waals surface area contributed by atoms with E-state index in [1.807, 2.05) is 44.2 Å². The molecule has 0 aromatic heterocycles. The molecular weight excluding hydrogens is 242 g/mol. The SMILES string of the molecule is CC1=CCC(C)=C(C(=O)NCc2ccccc2)S1. The number of hydrogen-bond donors (Lipinski definition) is 1. The molecule has 0 saturated carbocycles. The third-order valence-corrected chi connectivity index (χ3v) is 4.08. The van der Waals surface area contributed by atoms with Crippen LogP contribution >= 0.6 is 11.8 Å². The summed E-state index contributed by atoms with van der Waals surface area (Å²) in [6, 6.07) is 9.97. The lowest BCUT2D eigenvalue weighted by Crippen LogP contribution is -2.24. The van der Waals surface area contributed by atoms with E-state index in [2.05, 4.69) is 11.4 Å². The van der Waals surface area contributed by atoms with E-state index in [1.54, 1.807) is 11.8 Å². The van der Waals surface area contributed by atoms with Crippen molar-refractivity contribution in [3.8, 4) is 0 Å². The van der Waals surface area contributed by atoms with Gasteiger partial charge in [-0.05, 0) is 36.3 Å². The lowest BCUT2D eigenvalue weighted by molar-refractivity contribution is -0.117. The Bertz CT molecular complexity index is 502. The zero-order valence-corrected chi connectivity index (χ0v) is 11.5. The van der Waals surface area contributed by atoms with E-state index in [0.717, 1.165) is 22.5 Å². The first kappa shape index (κ1) is 13.0. The van der Waals surface area contributed by atoms with Gasteiger partial charge in [0, 0.05) is 6.54 Å². The number of amides is 1. The van der Waals surface area contributed by atoms with E-state index in [1.165, 1.54) is 4.91 Å². The molecule has 0 saturated heterocycles. The predicted molar refractivity (Wildman–Crippen MR) is 77.0 cm³/mol. The Morgan fingerprint density at radius 2 is 2.00 bits per heavy atom. The number of allylic oxidation sites excluding steroid dienone is 3. The second-order valence-electron chi connectivity index (χ2n) is 4.40. The number of rotatable bonds is 3. The number of carbonyl (C=O) groups excluding carboxylic acids is 1. The van der Waals surface area contributed by atoms with Crippen molar-refractivity contribution < 1.29 is 4.79 Å². The van der Waals surface area contributed by atoms with E-state index in [9.17, 15) is 4.79 Å². The van der Waals surface area contributed by atoms with E-state index < -0.39 is 0 Å². The van der Waals surface area contributed by atoms with Crippen LogP contribution in [0.2, 0.25) is 0 Å². The maximum absolute atomic E-state index is 12.1. The Kier molecular flexibility index (Phi) is 4.26. The van der Waals surface area contributed by atoms with Crippen LogP contribution in [0.15, 0.2) is 51.8 Å². The number of nitrogens with one attached hydrogen (secondary N) is 1. The quantitative estimate of drug-likeness (QED) is 0.898. The molecule has 1 heterocycles. The molecule has 2 rings (SSSR count). The van der Waals surface area contributed by atoms with Crippen LogP contribution < -0.4 is 5.32 Å². The zero-order valence-electron chi connectivity index (χ0n) is 10.7. The second-order valence-corrected chi connectivity index (χ2v) is 5.66. The van der Waals surface area contributed by atoms with Crippen molar-refractivity contribution in [1.29, 1.82) is 0 Å². The Labute approximate surface area is 112 Å². The first-order valence-corrected chi connectivity index (χ1v) is 6.85. The molecule has 18 heavy (non-hydrogen) atoms. The van der Waals surface area contributed by atoms with Crippen LogP contribution in [0, 0.1) is 0 Å². The normalized spacial score (nSPS) is 15.3. The first-order chi connectivity index (χ1) is 8.66. The fourth-order valence-electron chi connectivity index (χ4n) is 1.78. The molecule has 2 nitrogen and oxygen atoms in total. The maximum Gasteiger partial charge on any atom is 0.258 e. The van der Waals surface area contributed by atoms with Gasteiger partial charge in [0.1, 0.15) is 0 Å². The van der Waals surface area contributed by atoms with Crippen molar-refractivity contribution in [2.75, 3.05) is 0 Å². The monoisotopic (exact) mass is 259 g/mol. The zero-order chi connectivity index (χ0) is 13.0. The summed E-state index contributed by atoms with van der Waals surface area (Å²) in [5.74, 6) is 0.0359. The van der Waals surface area contributed by atoms with Crippen molar-refractivity contribution >= 4 is 17.7 Å². The Hall–Kier alpha value is -1.48. The Morgan fingerprint density at radius 3 is 2.72 bits per heavy atom. The van der Waals surface area contributed by atoms with Crippen molar-refractivity contribution in [1.82, 2.24) is 5.32 Å². The van der Waals surface area contributed by atoms with Crippen LogP contribution in [0.5, 0.6) is 0 Å². The molecule has 1 N–H and O–H groups in total. The summed E-state index contributed by atoms with van der Waals surface area (Å²) in [5.41, 5.74) is 2.27. The first-order valence-electron chi connectivity index (χ1n) is 6.03. The number of benzene rings is 1. The molecule has 1 aromatic carbocycles. The van der Waals surface area contributed by atoms with Gasteiger partial charge in [-0.3, -0.25) is 4.79 Å². The molecule has 0 radical (unpaired) electrons. The summed E-state index contributed by atoms with van der Waals surface area (Å²) >= 11 is 1.57. The molecule has 1 amide bonds. The highest BCUT2D eigenvalue weighted by Gasteiger charge is 2.16. The predicted octanol–water partition coefficient (Wildman–Crippen LogP) is 3.62. The molecule has 0 unspecified atom stereocenters. The van der Waals surface area contributed by atoms with E-state index in [-0.39, 0.29) is 5.91 Å². The molecule has 0 bridgehead atoms.